The fourth-order valence-corrected chi connectivity index (χ4v) is 3.88. The van der Waals surface area contributed by atoms with Gasteiger partial charge in [-0.3, -0.25) is 4.79 Å². The Morgan fingerprint density at radius 3 is 2.74 bits per heavy atom. The number of furan rings is 1. The van der Waals surface area contributed by atoms with Crippen LogP contribution in [-0.2, 0) is 14.8 Å². The van der Waals surface area contributed by atoms with Gasteiger partial charge in [0.05, 0.1) is 10.6 Å². The number of amides is 1. The molecule has 130 valence electrons. The Kier molecular flexibility index (Phi) is 5.23. The summed E-state index contributed by atoms with van der Waals surface area (Å²) < 4.78 is 32.3. The Morgan fingerprint density at radius 1 is 1.43 bits per heavy atom. The van der Waals surface area contributed by atoms with Crippen LogP contribution in [0.5, 0.6) is 0 Å². The SMILES string of the molecule is CC(=O)Nc1nc(C)c(-c2ccc(S(=O)(=O)NCC(C)C)o2)s1.[HH].[HH]. The van der Waals surface area contributed by atoms with Crippen molar-refractivity contribution in [2.24, 2.45) is 5.92 Å². The average molecular weight is 361 g/mol. The number of carbonyl (C=O) groups is 1. The lowest BCUT2D eigenvalue weighted by Crippen LogP contribution is -2.27. The van der Waals surface area contributed by atoms with Gasteiger partial charge in [0.1, 0.15) is 5.76 Å². The lowest BCUT2D eigenvalue weighted by atomic mass is 10.2. The molecule has 23 heavy (non-hydrogen) atoms. The first-order valence-electron chi connectivity index (χ1n) is 7.04. The fourth-order valence-electron chi connectivity index (χ4n) is 1.76. The summed E-state index contributed by atoms with van der Waals surface area (Å²) >= 11 is 1.23. The third-order valence-electron chi connectivity index (χ3n) is 2.83. The number of nitrogens with zero attached hydrogens (tertiary/aromatic N) is 1. The lowest BCUT2D eigenvalue weighted by Gasteiger charge is -2.06. The molecule has 1 amide bonds. The van der Waals surface area contributed by atoms with Crippen LogP contribution in [-0.4, -0.2) is 25.9 Å². The minimum Gasteiger partial charge on any atom is -0.442 e. The summed E-state index contributed by atoms with van der Waals surface area (Å²) in [5.74, 6) is 0.385. The highest BCUT2D eigenvalue weighted by Crippen LogP contribution is 2.34. The molecule has 0 saturated carbocycles. The second-order valence-electron chi connectivity index (χ2n) is 5.48. The lowest BCUT2D eigenvalue weighted by molar-refractivity contribution is -0.114. The molecule has 2 N–H and O–H groups in total. The molecule has 0 fully saturated rings. The van der Waals surface area contributed by atoms with Gasteiger partial charge in [-0.25, -0.2) is 18.1 Å². The van der Waals surface area contributed by atoms with Gasteiger partial charge in [-0.1, -0.05) is 25.2 Å². The van der Waals surface area contributed by atoms with Crippen LogP contribution in [0.3, 0.4) is 0 Å². The molecule has 0 aromatic carbocycles. The molecular formula is C14H23N3O4S2. The molecule has 2 heterocycles. The Hall–Kier alpha value is -1.71. The van der Waals surface area contributed by atoms with Crippen LogP contribution < -0.4 is 10.0 Å². The maximum Gasteiger partial charge on any atom is 0.273 e. The van der Waals surface area contributed by atoms with Crippen LogP contribution in [0.25, 0.3) is 10.6 Å². The Labute approximate surface area is 142 Å². The molecule has 7 nitrogen and oxygen atoms in total. The van der Waals surface area contributed by atoms with E-state index in [1.165, 1.54) is 24.3 Å². The normalized spacial score (nSPS) is 11.9. The van der Waals surface area contributed by atoms with E-state index >= 15 is 0 Å². The zero-order valence-electron chi connectivity index (χ0n) is 13.3. The zero-order chi connectivity index (χ0) is 17.2. The molecule has 2 aromatic rings. The van der Waals surface area contributed by atoms with Crippen molar-refractivity contribution in [2.75, 3.05) is 11.9 Å². The molecule has 9 heteroatoms. The number of anilines is 1. The van der Waals surface area contributed by atoms with Gasteiger partial charge in [0.15, 0.2) is 5.13 Å². The van der Waals surface area contributed by atoms with E-state index in [0.29, 0.717) is 28.0 Å². The van der Waals surface area contributed by atoms with Crippen LogP contribution in [0, 0.1) is 12.8 Å². The van der Waals surface area contributed by atoms with Crippen LogP contribution >= 0.6 is 11.3 Å². The van der Waals surface area contributed by atoms with Gasteiger partial charge in [0.25, 0.3) is 10.0 Å². The second-order valence-corrected chi connectivity index (χ2v) is 8.18. The third-order valence-corrected chi connectivity index (χ3v) is 5.21. The summed E-state index contributed by atoms with van der Waals surface area (Å²) in [6.07, 6.45) is 0. The summed E-state index contributed by atoms with van der Waals surface area (Å²) in [6.45, 7) is 7.34. The van der Waals surface area contributed by atoms with E-state index < -0.39 is 10.0 Å². The summed E-state index contributed by atoms with van der Waals surface area (Å²) in [5, 5.41) is 2.91. The van der Waals surface area contributed by atoms with Crippen molar-refractivity contribution < 1.29 is 20.5 Å². The maximum atomic E-state index is 12.1. The second kappa shape index (κ2) is 6.81. The minimum absolute atomic E-state index is 0. The fraction of sp³-hybridized carbons (Fsp3) is 0.429. The van der Waals surface area contributed by atoms with Crippen molar-refractivity contribution in [2.45, 2.75) is 32.8 Å². The van der Waals surface area contributed by atoms with Gasteiger partial charge in [0.2, 0.25) is 11.0 Å². The summed E-state index contributed by atoms with van der Waals surface area (Å²) in [6, 6.07) is 3.00. The first kappa shape index (κ1) is 17.6. The molecule has 0 saturated heterocycles. The Bertz CT molecular complexity index is 816. The van der Waals surface area contributed by atoms with Crippen molar-refractivity contribution in [1.29, 1.82) is 0 Å². The highest BCUT2D eigenvalue weighted by molar-refractivity contribution is 7.89. The van der Waals surface area contributed by atoms with Crippen molar-refractivity contribution >= 4 is 32.4 Å². The molecule has 0 atom stereocenters. The molecule has 0 aliphatic rings. The molecule has 0 bridgehead atoms. The van der Waals surface area contributed by atoms with Crippen LogP contribution in [0.15, 0.2) is 21.6 Å². The standard InChI is InChI=1S/C14H19N3O4S2.2H2/c1-8(2)7-15-23(19,20)12-6-5-11(21-12)13-9(3)16-14(22-13)17-10(4)18;;/h5-6,8,15H,7H2,1-4H3,(H,16,17,18);2*1H. The minimum atomic E-state index is -3.67. The van der Waals surface area contributed by atoms with Crippen LogP contribution in [0.4, 0.5) is 5.13 Å². The van der Waals surface area contributed by atoms with E-state index in [-0.39, 0.29) is 19.8 Å². The van der Waals surface area contributed by atoms with E-state index in [1.807, 2.05) is 13.8 Å². The monoisotopic (exact) mass is 361 g/mol. The van der Waals surface area contributed by atoms with Crippen molar-refractivity contribution in [3.8, 4) is 10.6 Å². The summed E-state index contributed by atoms with van der Waals surface area (Å²) in [4.78, 5) is 16.0. The predicted molar refractivity (Wildman–Crippen MR) is 93.1 cm³/mol. The van der Waals surface area contributed by atoms with Crippen molar-refractivity contribution in [3.05, 3.63) is 17.8 Å². The Balaban J connectivity index is 0.00000288. The highest BCUT2D eigenvalue weighted by Gasteiger charge is 2.21. The molecule has 0 radical (unpaired) electrons. The van der Waals surface area contributed by atoms with Crippen molar-refractivity contribution in [3.63, 3.8) is 0 Å². The summed E-state index contributed by atoms with van der Waals surface area (Å²) in [5.41, 5.74) is 0.659. The van der Waals surface area contributed by atoms with E-state index in [4.69, 9.17) is 4.42 Å². The van der Waals surface area contributed by atoms with Gasteiger partial charge in [-0.05, 0) is 25.0 Å². The maximum absolute atomic E-state index is 12.1. The van der Waals surface area contributed by atoms with Gasteiger partial charge in [-0.2, -0.15) is 0 Å². The topological polar surface area (TPSA) is 101 Å². The zero-order valence-corrected chi connectivity index (χ0v) is 15.0. The molecule has 2 aromatic heterocycles. The first-order valence-corrected chi connectivity index (χ1v) is 9.34. The number of sulfonamides is 1. The molecular weight excluding hydrogens is 338 g/mol. The number of aromatic nitrogens is 1. The molecule has 0 aliphatic heterocycles. The third kappa shape index (κ3) is 4.40. The quantitative estimate of drug-likeness (QED) is 0.823. The van der Waals surface area contributed by atoms with Crippen LogP contribution in [0.2, 0.25) is 0 Å². The predicted octanol–water partition coefficient (Wildman–Crippen LogP) is 3.10. The number of nitrogens with one attached hydrogen (secondary N) is 2. The number of aryl methyl sites for hydroxylation is 1. The van der Waals surface area contributed by atoms with E-state index in [0.717, 1.165) is 0 Å². The van der Waals surface area contributed by atoms with Gasteiger partial charge >= 0.3 is 0 Å². The first-order chi connectivity index (χ1) is 10.7. The summed E-state index contributed by atoms with van der Waals surface area (Å²) in [7, 11) is -3.67. The van der Waals surface area contributed by atoms with E-state index in [2.05, 4.69) is 15.0 Å². The largest absolute Gasteiger partial charge is 0.442 e. The molecule has 0 aliphatic carbocycles. The van der Waals surface area contributed by atoms with Crippen molar-refractivity contribution in [1.82, 2.24) is 9.71 Å². The van der Waals surface area contributed by atoms with Gasteiger partial charge in [-0.15, -0.1) is 0 Å². The van der Waals surface area contributed by atoms with E-state index in [9.17, 15) is 13.2 Å². The molecule has 2 rings (SSSR count). The van der Waals surface area contributed by atoms with E-state index in [1.54, 1.807) is 13.0 Å². The number of thiazole rings is 1. The van der Waals surface area contributed by atoms with Crippen LogP contribution in [0.1, 0.15) is 29.3 Å². The van der Waals surface area contributed by atoms with Gasteiger partial charge in [0, 0.05) is 16.3 Å². The average Bonchev–Trinajstić information content (AvgIpc) is 3.03. The molecule has 0 unspecified atom stereocenters. The number of hydrogen-bond donors (Lipinski definition) is 2. The number of hydrogen-bond acceptors (Lipinski definition) is 6. The number of carbonyl (C=O) groups excluding carboxylic acids is 1. The Morgan fingerprint density at radius 2 is 2.13 bits per heavy atom. The number of rotatable bonds is 6. The highest BCUT2D eigenvalue weighted by atomic mass is 32.2. The molecule has 0 spiro atoms. The van der Waals surface area contributed by atoms with Gasteiger partial charge < -0.3 is 9.73 Å². The smallest absolute Gasteiger partial charge is 0.273 e.